The van der Waals surface area contributed by atoms with Gasteiger partial charge in [-0.2, -0.15) is 0 Å². The first-order valence-electron chi connectivity index (χ1n) is 5.28. The van der Waals surface area contributed by atoms with Crippen molar-refractivity contribution < 1.29 is 5.11 Å². The van der Waals surface area contributed by atoms with Crippen molar-refractivity contribution in [2.45, 2.75) is 25.7 Å². The van der Waals surface area contributed by atoms with E-state index < -0.39 is 0 Å². The maximum absolute atomic E-state index is 9.92. The zero-order valence-corrected chi connectivity index (χ0v) is 8.59. The Morgan fingerprint density at radius 2 is 2.29 bits per heavy atom. The smallest absolute Gasteiger partial charge is 0.121 e. The SMILES string of the molecule is Cc1cccc([C@H]2CCCNC2)c1O. The largest absolute Gasteiger partial charge is 0.507 e. The van der Waals surface area contributed by atoms with Gasteiger partial charge in [0.05, 0.1) is 0 Å². The highest BCUT2D eigenvalue weighted by Crippen LogP contribution is 2.32. The number of benzene rings is 1. The molecule has 2 nitrogen and oxygen atoms in total. The van der Waals surface area contributed by atoms with Crippen LogP contribution in [0.25, 0.3) is 0 Å². The summed E-state index contributed by atoms with van der Waals surface area (Å²) in [5.41, 5.74) is 2.09. The van der Waals surface area contributed by atoms with Crippen molar-refractivity contribution in [1.82, 2.24) is 5.32 Å². The van der Waals surface area contributed by atoms with Crippen LogP contribution in [0.4, 0.5) is 0 Å². The molecule has 0 radical (unpaired) electrons. The Morgan fingerprint density at radius 1 is 1.43 bits per heavy atom. The molecule has 2 N–H and O–H groups in total. The van der Waals surface area contributed by atoms with Gasteiger partial charge in [-0.05, 0) is 37.4 Å². The standard InChI is InChI=1S/C12H17NO/c1-9-4-2-6-11(12(9)14)10-5-3-7-13-8-10/h2,4,6,10,13-14H,3,5,7-8H2,1H3/t10-/m0/s1. The molecule has 1 aliphatic heterocycles. The Labute approximate surface area is 85.0 Å². The molecular formula is C12H17NO. The molecule has 1 atom stereocenters. The minimum Gasteiger partial charge on any atom is -0.507 e. The number of phenolic OH excluding ortho intramolecular Hbond substituents is 1. The molecule has 0 saturated carbocycles. The molecule has 2 rings (SSSR count). The molecule has 14 heavy (non-hydrogen) atoms. The predicted octanol–water partition coefficient (Wildman–Crippen LogP) is 2.17. The normalized spacial score (nSPS) is 22.2. The van der Waals surface area contributed by atoms with Crippen molar-refractivity contribution >= 4 is 0 Å². The molecule has 0 aromatic heterocycles. The Kier molecular flexibility index (Phi) is 2.73. The minimum absolute atomic E-state index is 0.487. The summed E-state index contributed by atoms with van der Waals surface area (Å²) in [5, 5.41) is 13.3. The van der Waals surface area contributed by atoms with E-state index in [2.05, 4.69) is 5.32 Å². The van der Waals surface area contributed by atoms with E-state index >= 15 is 0 Å². The lowest BCUT2D eigenvalue weighted by atomic mass is 9.90. The molecule has 2 heteroatoms. The van der Waals surface area contributed by atoms with Gasteiger partial charge >= 0.3 is 0 Å². The fraction of sp³-hybridized carbons (Fsp3) is 0.500. The van der Waals surface area contributed by atoms with E-state index in [-0.39, 0.29) is 0 Å². The van der Waals surface area contributed by atoms with Gasteiger partial charge in [-0.15, -0.1) is 0 Å². The second kappa shape index (κ2) is 4.01. The number of aryl methyl sites for hydroxylation is 1. The molecule has 0 unspecified atom stereocenters. The van der Waals surface area contributed by atoms with E-state index in [1.807, 2.05) is 25.1 Å². The number of para-hydroxylation sites is 1. The molecular weight excluding hydrogens is 174 g/mol. The van der Waals surface area contributed by atoms with Crippen molar-refractivity contribution in [3.63, 3.8) is 0 Å². The van der Waals surface area contributed by atoms with Crippen molar-refractivity contribution in [2.75, 3.05) is 13.1 Å². The molecule has 1 aliphatic rings. The third-order valence-corrected chi connectivity index (χ3v) is 3.01. The van der Waals surface area contributed by atoms with Crippen LogP contribution in [0, 0.1) is 6.92 Å². The lowest BCUT2D eigenvalue weighted by Gasteiger charge is -2.24. The van der Waals surface area contributed by atoms with Crippen LogP contribution in [0.1, 0.15) is 29.9 Å². The minimum atomic E-state index is 0.487. The van der Waals surface area contributed by atoms with Crippen molar-refractivity contribution in [2.24, 2.45) is 0 Å². The maximum Gasteiger partial charge on any atom is 0.121 e. The van der Waals surface area contributed by atoms with Gasteiger partial charge in [0.25, 0.3) is 0 Å². The Bertz CT molecular complexity index is 316. The number of hydrogen-bond acceptors (Lipinski definition) is 2. The summed E-state index contributed by atoms with van der Waals surface area (Å²) in [5.74, 6) is 0.977. The summed E-state index contributed by atoms with van der Waals surface area (Å²) >= 11 is 0. The molecule has 1 fully saturated rings. The monoisotopic (exact) mass is 191 g/mol. The fourth-order valence-corrected chi connectivity index (χ4v) is 2.13. The van der Waals surface area contributed by atoms with Gasteiger partial charge in [0, 0.05) is 12.5 Å². The molecule has 0 amide bonds. The van der Waals surface area contributed by atoms with E-state index in [1.165, 1.54) is 12.8 Å². The van der Waals surface area contributed by atoms with Gasteiger partial charge in [-0.1, -0.05) is 18.2 Å². The van der Waals surface area contributed by atoms with Crippen LogP contribution in [-0.2, 0) is 0 Å². The summed E-state index contributed by atoms with van der Waals surface area (Å²) < 4.78 is 0. The topological polar surface area (TPSA) is 32.3 Å². The van der Waals surface area contributed by atoms with Crippen molar-refractivity contribution in [3.05, 3.63) is 29.3 Å². The number of aromatic hydroxyl groups is 1. The Balaban J connectivity index is 2.26. The highest BCUT2D eigenvalue weighted by molar-refractivity contribution is 5.41. The average molecular weight is 191 g/mol. The first-order valence-corrected chi connectivity index (χ1v) is 5.28. The molecule has 0 spiro atoms. The van der Waals surface area contributed by atoms with Gasteiger partial charge < -0.3 is 10.4 Å². The van der Waals surface area contributed by atoms with E-state index in [0.29, 0.717) is 11.7 Å². The summed E-state index contributed by atoms with van der Waals surface area (Å²) in [7, 11) is 0. The van der Waals surface area contributed by atoms with Crippen LogP contribution in [-0.4, -0.2) is 18.2 Å². The first kappa shape index (κ1) is 9.53. The van der Waals surface area contributed by atoms with Crippen molar-refractivity contribution in [1.29, 1.82) is 0 Å². The van der Waals surface area contributed by atoms with Crippen LogP contribution in [0.5, 0.6) is 5.75 Å². The van der Waals surface area contributed by atoms with Gasteiger partial charge in [-0.3, -0.25) is 0 Å². The van der Waals surface area contributed by atoms with Crippen LogP contribution < -0.4 is 5.32 Å². The van der Waals surface area contributed by atoms with Gasteiger partial charge in [0.1, 0.15) is 5.75 Å². The predicted molar refractivity (Wildman–Crippen MR) is 57.7 cm³/mol. The summed E-state index contributed by atoms with van der Waals surface area (Å²) in [6.45, 7) is 4.06. The molecule has 0 bridgehead atoms. The molecule has 1 aromatic carbocycles. The Morgan fingerprint density at radius 3 is 3.00 bits per heavy atom. The van der Waals surface area contributed by atoms with Gasteiger partial charge in [0.15, 0.2) is 0 Å². The number of hydrogen-bond donors (Lipinski definition) is 2. The van der Waals surface area contributed by atoms with Crippen LogP contribution >= 0.6 is 0 Å². The van der Waals surface area contributed by atoms with Crippen LogP contribution in [0.15, 0.2) is 18.2 Å². The van der Waals surface area contributed by atoms with E-state index in [4.69, 9.17) is 0 Å². The maximum atomic E-state index is 9.92. The zero-order valence-electron chi connectivity index (χ0n) is 8.59. The molecule has 1 aromatic rings. The van der Waals surface area contributed by atoms with Gasteiger partial charge in [0.2, 0.25) is 0 Å². The number of piperidine rings is 1. The molecule has 0 aliphatic carbocycles. The number of phenols is 1. The third-order valence-electron chi connectivity index (χ3n) is 3.01. The zero-order chi connectivity index (χ0) is 9.97. The lowest BCUT2D eigenvalue weighted by molar-refractivity contribution is 0.423. The molecule has 76 valence electrons. The first-order chi connectivity index (χ1) is 6.79. The summed E-state index contributed by atoms with van der Waals surface area (Å²) in [6, 6.07) is 6.02. The highest BCUT2D eigenvalue weighted by atomic mass is 16.3. The van der Waals surface area contributed by atoms with Gasteiger partial charge in [-0.25, -0.2) is 0 Å². The number of nitrogens with one attached hydrogen (secondary N) is 1. The molecule has 1 saturated heterocycles. The second-order valence-corrected chi connectivity index (χ2v) is 4.06. The second-order valence-electron chi connectivity index (χ2n) is 4.06. The van der Waals surface area contributed by atoms with E-state index in [0.717, 1.165) is 24.2 Å². The third kappa shape index (κ3) is 1.75. The van der Waals surface area contributed by atoms with E-state index in [1.54, 1.807) is 0 Å². The van der Waals surface area contributed by atoms with E-state index in [9.17, 15) is 5.11 Å². The highest BCUT2D eigenvalue weighted by Gasteiger charge is 2.18. The van der Waals surface area contributed by atoms with Crippen LogP contribution in [0.2, 0.25) is 0 Å². The summed E-state index contributed by atoms with van der Waals surface area (Å²) in [6.07, 6.45) is 2.39. The number of rotatable bonds is 1. The molecule has 1 heterocycles. The quantitative estimate of drug-likeness (QED) is 0.713. The lowest BCUT2D eigenvalue weighted by Crippen LogP contribution is -2.28. The average Bonchev–Trinajstić information content (AvgIpc) is 2.23. The summed E-state index contributed by atoms with van der Waals surface area (Å²) in [4.78, 5) is 0. The Hall–Kier alpha value is -1.02. The van der Waals surface area contributed by atoms with Crippen LogP contribution in [0.3, 0.4) is 0 Å². The van der Waals surface area contributed by atoms with Crippen molar-refractivity contribution in [3.8, 4) is 5.75 Å². The fourth-order valence-electron chi connectivity index (χ4n) is 2.13.